The fourth-order valence-electron chi connectivity index (χ4n) is 1.06. The van der Waals surface area contributed by atoms with Crippen LogP contribution in [0.3, 0.4) is 0 Å². The monoisotopic (exact) mass is 287 g/mol. The summed E-state index contributed by atoms with van der Waals surface area (Å²) in [5.74, 6) is 2.46. The van der Waals surface area contributed by atoms with Gasteiger partial charge in [-0.3, -0.25) is 0 Å². The summed E-state index contributed by atoms with van der Waals surface area (Å²) in [6.45, 7) is 10.3. The van der Waals surface area contributed by atoms with Gasteiger partial charge in [0.15, 0.2) is 0 Å². The van der Waals surface area contributed by atoms with Gasteiger partial charge in [0, 0.05) is 32.7 Å². The van der Waals surface area contributed by atoms with Crippen molar-refractivity contribution in [2.75, 3.05) is 19.7 Å². The zero-order chi connectivity index (χ0) is 11.2. The van der Waals surface area contributed by atoms with Crippen LogP contribution in [0.25, 0.3) is 5.32 Å². The maximum atomic E-state index is 5.34. The van der Waals surface area contributed by atoms with Gasteiger partial charge in [0.2, 0.25) is 0 Å². The Kier molecular flexibility index (Phi) is 28.0. The molecule has 1 fully saturated rings. The second kappa shape index (κ2) is 20.1. The largest absolute Gasteiger partial charge is 0.662 e. The van der Waals surface area contributed by atoms with E-state index in [0.717, 1.165) is 25.9 Å². The van der Waals surface area contributed by atoms with Crippen molar-refractivity contribution < 1.29 is 37.4 Å². The second-order valence-electron chi connectivity index (χ2n) is 2.39. The summed E-state index contributed by atoms with van der Waals surface area (Å²) in [5, 5.41) is 4.20. The van der Waals surface area contributed by atoms with Crippen molar-refractivity contribution in [1.29, 1.82) is 0 Å². The molecular formula is C12H24NOY-. The van der Waals surface area contributed by atoms with Gasteiger partial charge in [0.25, 0.3) is 0 Å². The van der Waals surface area contributed by atoms with E-state index in [1.807, 2.05) is 27.7 Å². The van der Waals surface area contributed by atoms with Crippen molar-refractivity contribution in [2.24, 2.45) is 0 Å². The zero-order valence-corrected chi connectivity index (χ0v) is 13.5. The Morgan fingerprint density at radius 3 is 2.07 bits per heavy atom. The van der Waals surface area contributed by atoms with E-state index in [1.54, 1.807) is 0 Å². The van der Waals surface area contributed by atoms with Gasteiger partial charge in [-0.1, -0.05) is 33.6 Å². The molecule has 0 unspecified atom stereocenters. The summed E-state index contributed by atoms with van der Waals surface area (Å²) in [5.41, 5.74) is 0. The molecule has 1 aliphatic heterocycles. The Labute approximate surface area is 121 Å². The van der Waals surface area contributed by atoms with Crippen molar-refractivity contribution in [2.45, 2.75) is 46.6 Å². The molecule has 1 aliphatic rings. The molecule has 0 aromatic heterocycles. The van der Waals surface area contributed by atoms with Gasteiger partial charge in [-0.25, -0.2) is 0 Å². The number of hydrogen-bond donors (Lipinski definition) is 0. The molecule has 0 atom stereocenters. The Balaban J connectivity index is -0.000000258. The van der Waals surface area contributed by atoms with Gasteiger partial charge in [-0.05, 0) is 12.8 Å². The number of nitrogens with zero attached hydrogens (tertiary/aromatic N) is 1. The molecule has 3 heteroatoms. The number of rotatable bonds is 2. The first kappa shape index (κ1) is 20.9. The third-order valence-electron chi connectivity index (χ3n) is 1.62. The molecule has 1 saturated heterocycles. The van der Waals surface area contributed by atoms with Gasteiger partial charge in [-0.15, -0.1) is 19.5 Å². The SMILES string of the molecule is C#CCOC1CC[N-]CC1.CC.CC.[Y]. The summed E-state index contributed by atoms with van der Waals surface area (Å²) in [4.78, 5) is 0. The van der Waals surface area contributed by atoms with Crippen LogP contribution in [0.5, 0.6) is 0 Å². The number of ether oxygens (including phenoxy) is 1. The van der Waals surface area contributed by atoms with Crippen molar-refractivity contribution in [3.63, 3.8) is 0 Å². The van der Waals surface area contributed by atoms with Crippen LogP contribution in [-0.2, 0) is 37.4 Å². The zero-order valence-electron chi connectivity index (χ0n) is 10.6. The first-order valence-corrected chi connectivity index (χ1v) is 5.62. The van der Waals surface area contributed by atoms with Gasteiger partial charge < -0.3 is 10.1 Å². The maximum absolute atomic E-state index is 5.34. The van der Waals surface area contributed by atoms with Gasteiger partial charge in [0.1, 0.15) is 6.61 Å². The summed E-state index contributed by atoms with van der Waals surface area (Å²) in [6, 6.07) is 0. The predicted molar refractivity (Wildman–Crippen MR) is 63.6 cm³/mol. The topological polar surface area (TPSA) is 23.3 Å². The molecule has 1 rings (SSSR count). The van der Waals surface area contributed by atoms with Crippen molar-refractivity contribution in [3.8, 4) is 12.3 Å². The third-order valence-corrected chi connectivity index (χ3v) is 1.62. The molecule has 0 amide bonds. The van der Waals surface area contributed by atoms with Crippen LogP contribution in [0.2, 0.25) is 0 Å². The van der Waals surface area contributed by atoms with Crippen LogP contribution in [0, 0.1) is 12.3 Å². The number of terminal acetylenes is 1. The molecule has 87 valence electrons. The van der Waals surface area contributed by atoms with E-state index in [0.29, 0.717) is 12.7 Å². The van der Waals surface area contributed by atoms with Crippen molar-refractivity contribution in [1.82, 2.24) is 0 Å². The number of hydrogen-bond acceptors (Lipinski definition) is 1. The summed E-state index contributed by atoms with van der Waals surface area (Å²) < 4.78 is 5.34. The molecule has 0 saturated carbocycles. The first-order valence-electron chi connectivity index (χ1n) is 5.62. The average Bonchev–Trinajstić information content (AvgIpc) is 2.33. The molecule has 1 heterocycles. The average molecular weight is 287 g/mol. The van der Waals surface area contributed by atoms with Crippen LogP contribution < -0.4 is 0 Å². The Morgan fingerprint density at radius 2 is 1.67 bits per heavy atom. The van der Waals surface area contributed by atoms with E-state index in [1.165, 1.54) is 0 Å². The quantitative estimate of drug-likeness (QED) is 0.715. The van der Waals surface area contributed by atoms with Gasteiger partial charge >= 0.3 is 0 Å². The van der Waals surface area contributed by atoms with E-state index < -0.39 is 0 Å². The minimum Gasteiger partial charge on any atom is -0.662 e. The Hall–Kier alpha value is 0.584. The fourth-order valence-corrected chi connectivity index (χ4v) is 1.06. The molecular weight excluding hydrogens is 263 g/mol. The van der Waals surface area contributed by atoms with Gasteiger partial charge in [0.05, 0.1) is 6.10 Å². The minimum absolute atomic E-state index is 0. The molecule has 0 spiro atoms. The Bertz CT molecular complexity index is 128. The number of piperidine rings is 1. The smallest absolute Gasteiger partial charge is 0.107 e. The molecule has 0 aliphatic carbocycles. The fraction of sp³-hybridized carbons (Fsp3) is 0.833. The second-order valence-corrected chi connectivity index (χ2v) is 2.39. The minimum atomic E-state index is 0. The molecule has 0 bridgehead atoms. The van der Waals surface area contributed by atoms with E-state index >= 15 is 0 Å². The first-order chi connectivity index (χ1) is 6.93. The van der Waals surface area contributed by atoms with Crippen LogP contribution in [0.4, 0.5) is 0 Å². The summed E-state index contributed by atoms with van der Waals surface area (Å²) in [7, 11) is 0. The summed E-state index contributed by atoms with van der Waals surface area (Å²) in [6.07, 6.45) is 7.50. The van der Waals surface area contributed by atoms with Crippen LogP contribution >= 0.6 is 0 Å². The normalized spacial score (nSPS) is 14.3. The van der Waals surface area contributed by atoms with E-state index in [-0.39, 0.29) is 32.7 Å². The van der Waals surface area contributed by atoms with E-state index in [2.05, 4.69) is 11.2 Å². The molecule has 2 nitrogen and oxygen atoms in total. The van der Waals surface area contributed by atoms with Crippen molar-refractivity contribution >= 4 is 0 Å². The third kappa shape index (κ3) is 14.6. The van der Waals surface area contributed by atoms with Crippen LogP contribution in [-0.4, -0.2) is 25.8 Å². The molecule has 0 aromatic rings. The van der Waals surface area contributed by atoms with E-state index in [4.69, 9.17) is 11.2 Å². The van der Waals surface area contributed by atoms with Gasteiger partial charge in [-0.2, -0.15) is 0 Å². The Morgan fingerprint density at radius 1 is 1.20 bits per heavy atom. The van der Waals surface area contributed by atoms with Crippen molar-refractivity contribution in [3.05, 3.63) is 5.32 Å². The standard InChI is InChI=1S/C8H12NO.2C2H6.Y/c1-2-7-10-8-3-5-9-6-4-8;2*1-2;/h1,8H,3-7H2;2*1-2H3;/q-1;;;. The molecule has 15 heavy (non-hydrogen) atoms. The summed E-state index contributed by atoms with van der Waals surface area (Å²) >= 11 is 0. The molecule has 0 aromatic carbocycles. The molecule has 0 N–H and O–H groups in total. The van der Waals surface area contributed by atoms with Crippen LogP contribution in [0.1, 0.15) is 40.5 Å². The maximum Gasteiger partial charge on any atom is 0.107 e. The van der Waals surface area contributed by atoms with E-state index in [9.17, 15) is 0 Å². The molecule has 1 radical (unpaired) electrons. The predicted octanol–water partition coefficient (Wildman–Crippen LogP) is 3.22. The van der Waals surface area contributed by atoms with Crippen LogP contribution in [0.15, 0.2) is 0 Å².